The lowest BCUT2D eigenvalue weighted by atomic mass is 10.1. The fraction of sp³-hybridized carbons (Fsp3) is 0.500. The highest BCUT2D eigenvalue weighted by atomic mass is 19.1. The number of amides is 2. The highest BCUT2D eigenvalue weighted by molar-refractivity contribution is 5.94. The lowest BCUT2D eigenvalue weighted by Crippen LogP contribution is -2.38. The maximum Gasteiger partial charge on any atom is 0.254 e. The van der Waals surface area contributed by atoms with Gasteiger partial charge in [-0.15, -0.1) is 0 Å². The summed E-state index contributed by atoms with van der Waals surface area (Å²) in [5.41, 5.74) is -0.301. The van der Waals surface area contributed by atoms with Gasteiger partial charge in [0, 0.05) is 25.6 Å². The van der Waals surface area contributed by atoms with Crippen molar-refractivity contribution in [3.8, 4) is 0 Å². The standard InChI is InChI=1S/C16H20F2N2O2/c1-2-12(20-9-3-4-15(20)21)7-8-19-16(22)13-10-11(17)5-6-14(13)18/h5-6,10,12H,2-4,7-9H2,1H3,(H,19,22)/t12-/m0/s1. The van der Waals surface area contributed by atoms with Crippen LogP contribution in [0.4, 0.5) is 8.78 Å². The van der Waals surface area contributed by atoms with Crippen molar-refractivity contribution >= 4 is 11.8 Å². The molecule has 0 bridgehead atoms. The summed E-state index contributed by atoms with van der Waals surface area (Å²) in [5.74, 6) is -1.89. The monoisotopic (exact) mass is 310 g/mol. The van der Waals surface area contributed by atoms with Gasteiger partial charge in [-0.2, -0.15) is 0 Å². The number of benzene rings is 1. The first-order valence-electron chi connectivity index (χ1n) is 7.55. The molecule has 120 valence electrons. The molecule has 1 aromatic rings. The second-order valence-corrected chi connectivity index (χ2v) is 5.42. The van der Waals surface area contributed by atoms with Crippen molar-refractivity contribution in [3.63, 3.8) is 0 Å². The third-order valence-electron chi connectivity index (χ3n) is 3.96. The predicted octanol–water partition coefficient (Wildman–Crippen LogP) is 2.49. The van der Waals surface area contributed by atoms with Gasteiger partial charge in [0.15, 0.2) is 0 Å². The quantitative estimate of drug-likeness (QED) is 0.877. The highest BCUT2D eigenvalue weighted by Gasteiger charge is 2.26. The molecular weight excluding hydrogens is 290 g/mol. The molecule has 1 aromatic carbocycles. The van der Waals surface area contributed by atoms with Crippen LogP contribution in [0.2, 0.25) is 0 Å². The van der Waals surface area contributed by atoms with Crippen LogP contribution in [-0.2, 0) is 4.79 Å². The molecule has 4 nitrogen and oxygen atoms in total. The Kier molecular flexibility index (Phi) is 5.46. The summed E-state index contributed by atoms with van der Waals surface area (Å²) < 4.78 is 26.6. The van der Waals surface area contributed by atoms with Crippen LogP contribution in [0.15, 0.2) is 18.2 Å². The molecule has 0 spiro atoms. The maximum atomic E-state index is 13.5. The number of rotatable bonds is 6. The zero-order chi connectivity index (χ0) is 16.1. The fourth-order valence-corrected chi connectivity index (χ4v) is 2.75. The molecule has 0 unspecified atom stereocenters. The minimum atomic E-state index is -0.749. The van der Waals surface area contributed by atoms with Gasteiger partial charge in [-0.05, 0) is 37.5 Å². The van der Waals surface area contributed by atoms with Crippen molar-refractivity contribution < 1.29 is 18.4 Å². The van der Waals surface area contributed by atoms with E-state index in [-0.39, 0.29) is 17.5 Å². The second-order valence-electron chi connectivity index (χ2n) is 5.42. The van der Waals surface area contributed by atoms with E-state index in [1.165, 1.54) is 0 Å². The van der Waals surface area contributed by atoms with Crippen LogP contribution in [0.1, 0.15) is 43.0 Å². The van der Waals surface area contributed by atoms with Gasteiger partial charge in [0.05, 0.1) is 5.56 Å². The van der Waals surface area contributed by atoms with E-state index in [9.17, 15) is 18.4 Å². The normalized spacial score (nSPS) is 16.0. The van der Waals surface area contributed by atoms with Crippen molar-refractivity contribution in [1.29, 1.82) is 0 Å². The number of likely N-dealkylation sites (tertiary alicyclic amines) is 1. The van der Waals surface area contributed by atoms with Gasteiger partial charge in [0.1, 0.15) is 11.6 Å². The first kappa shape index (κ1) is 16.4. The number of carbonyl (C=O) groups is 2. The summed E-state index contributed by atoms with van der Waals surface area (Å²) in [7, 11) is 0. The molecule has 0 aromatic heterocycles. The molecule has 1 atom stereocenters. The predicted molar refractivity (Wildman–Crippen MR) is 78.3 cm³/mol. The zero-order valence-corrected chi connectivity index (χ0v) is 12.6. The van der Waals surface area contributed by atoms with Crippen molar-refractivity contribution in [1.82, 2.24) is 10.2 Å². The summed E-state index contributed by atoms with van der Waals surface area (Å²) in [6.07, 6.45) is 2.86. The lowest BCUT2D eigenvalue weighted by Gasteiger charge is -2.26. The fourth-order valence-electron chi connectivity index (χ4n) is 2.75. The minimum absolute atomic E-state index is 0.0765. The van der Waals surface area contributed by atoms with Crippen molar-refractivity contribution in [2.45, 2.75) is 38.6 Å². The summed E-state index contributed by atoms with van der Waals surface area (Å²) in [5, 5.41) is 2.59. The van der Waals surface area contributed by atoms with E-state index in [1.807, 2.05) is 11.8 Å². The first-order chi connectivity index (χ1) is 10.5. The molecule has 1 fully saturated rings. The van der Waals surface area contributed by atoms with Gasteiger partial charge in [0.25, 0.3) is 5.91 Å². The lowest BCUT2D eigenvalue weighted by molar-refractivity contribution is -0.129. The Labute approximate surface area is 128 Å². The van der Waals surface area contributed by atoms with E-state index in [0.717, 1.165) is 37.6 Å². The Morgan fingerprint density at radius 1 is 1.41 bits per heavy atom. The van der Waals surface area contributed by atoms with Crippen LogP contribution in [-0.4, -0.2) is 35.8 Å². The second kappa shape index (κ2) is 7.33. The van der Waals surface area contributed by atoms with Crippen molar-refractivity contribution in [3.05, 3.63) is 35.4 Å². The molecule has 0 aliphatic carbocycles. The molecule has 0 saturated carbocycles. The van der Waals surface area contributed by atoms with Crippen LogP contribution >= 0.6 is 0 Å². The molecule has 1 saturated heterocycles. The molecular formula is C16H20F2N2O2. The average Bonchev–Trinajstić information content (AvgIpc) is 2.92. The molecule has 0 radical (unpaired) electrons. The van der Waals surface area contributed by atoms with Crippen LogP contribution in [0.5, 0.6) is 0 Å². The van der Waals surface area contributed by atoms with Crippen LogP contribution in [0.25, 0.3) is 0 Å². The van der Waals surface area contributed by atoms with Gasteiger partial charge < -0.3 is 10.2 Å². The first-order valence-corrected chi connectivity index (χ1v) is 7.55. The van der Waals surface area contributed by atoms with Gasteiger partial charge in [-0.1, -0.05) is 6.92 Å². The van der Waals surface area contributed by atoms with Gasteiger partial charge in [-0.3, -0.25) is 9.59 Å². The Balaban J connectivity index is 1.88. The third-order valence-corrected chi connectivity index (χ3v) is 3.96. The molecule has 6 heteroatoms. The zero-order valence-electron chi connectivity index (χ0n) is 12.6. The van der Waals surface area contributed by atoms with E-state index in [2.05, 4.69) is 5.32 Å². The van der Waals surface area contributed by atoms with Gasteiger partial charge in [-0.25, -0.2) is 8.78 Å². The van der Waals surface area contributed by atoms with Gasteiger partial charge in [0.2, 0.25) is 5.91 Å². The summed E-state index contributed by atoms with van der Waals surface area (Å²) in [4.78, 5) is 25.4. The summed E-state index contributed by atoms with van der Waals surface area (Å²) >= 11 is 0. The smallest absolute Gasteiger partial charge is 0.254 e. The van der Waals surface area contributed by atoms with E-state index < -0.39 is 17.5 Å². The molecule has 1 aliphatic rings. The SMILES string of the molecule is CC[C@@H](CCNC(=O)c1cc(F)ccc1F)N1CCCC1=O. The Morgan fingerprint density at radius 2 is 2.18 bits per heavy atom. The maximum absolute atomic E-state index is 13.5. The minimum Gasteiger partial charge on any atom is -0.352 e. The number of hydrogen-bond donors (Lipinski definition) is 1. The number of carbonyl (C=O) groups excluding carboxylic acids is 2. The molecule has 2 amide bonds. The third kappa shape index (κ3) is 3.81. The Hall–Kier alpha value is -1.98. The number of hydrogen-bond acceptors (Lipinski definition) is 2. The van der Waals surface area contributed by atoms with Crippen LogP contribution in [0, 0.1) is 11.6 Å². The summed E-state index contributed by atoms with van der Waals surface area (Å²) in [6.45, 7) is 3.06. The van der Waals surface area contributed by atoms with Crippen molar-refractivity contribution in [2.24, 2.45) is 0 Å². The van der Waals surface area contributed by atoms with Crippen LogP contribution in [0.3, 0.4) is 0 Å². The highest BCUT2D eigenvalue weighted by Crippen LogP contribution is 2.17. The molecule has 1 N–H and O–H groups in total. The van der Waals surface area contributed by atoms with Gasteiger partial charge >= 0.3 is 0 Å². The molecule has 1 aliphatic heterocycles. The van der Waals surface area contributed by atoms with E-state index in [4.69, 9.17) is 0 Å². The summed E-state index contributed by atoms with van der Waals surface area (Å²) in [6, 6.07) is 2.86. The van der Waals surface area contributed by atoms with E-state index >= 15 is 0 Å². The Morgan fingerprint density at radius 3 is 2.82 bits per heavy atom. The largest absolute Gasteiger partial charge is 0.352 e. The average molecular weight is 310 g/mol. The Bertz CT molecular complexity index is 563. The number of nitrogens with one attached hydrogen (secondary N) is 1. The van der Waals surface area contributed by atoms with E-state index in [0.29, 0.717) is 19.4 Å². The van der Waals surface area contributed by atoms with E-state index in [1.54, 1.807) is 0 Å². The topological polar surface area (TPSA) is 49.4 Å². The van der Waals surface area contributed by atoms with Crippen molar-refractivity contribution in [2.75, 3.05) is 13.1 Å². The van der Waals surface area contributed by atoms with Crippen LogP contribution < -0.4 is 5.32 Å². The number of nitrogens with zero attached hydrogens (tertiary/aromatic N) is 1. The molecule has 1 heterocycles. The number of halogens is 2. The molecule has 22 heavy (non-hydrogen) atoms. The molecule has 2 rings (SSSR count).